The average molecular weight is 364 g/mol. The van der Waals surface area contributed by atoms with Crippen molar-refractivity contribution in [2.45, 2.75) is 6.92 Å². The van der Waals surface area contributed by atoms with Gasteiger partial charge in [-0.05, 0) is 49.4 Å². The van der Waals surface area contributed by atoms with Gasteiger partial charge in [0.1, 0.15) is 5.75 Å². The molecule has 0 saturated carbocycles. The summed E-state index contributed by atoms with van der Waals surface area (Å²) in [5.41, 5.74) is 1.08. The number of carbonyl (C=O) groups is 2. The number of amides is 1. The Morgan fingerprint density at radius 2 is 1.86 bits per heavy atom. The fraction of sp³-hybridized carbons (Fsp3) is 0.125. The van der Waals surface area contributed by atoms with Crippen molar-refractivity contribution in [1.29, 1.82) is 0 Å². The van der Waals surface area contributed by atoms with Gasteiger partial charge in [0, 0.05) is 10.2 Å². The fourth-order valence-corrected chi connectivity index (χ4v) is 2.22. The summed E-state index contributed by atoms with van der Waals surface area (Å²) in [6.07, 6.45) is 0. The maximum Gasteiger partial charge on any atom is 0.335 e. The minimum Gasteiger partial charge on any atom is -0.493 e. The van der Waals surface area contributed by atoms with Crippen LogP contribution in [-0.2, 0) is 0 Å². The van der Waals surface area contributed by atoms with E-state index in [0.717, 1.165) is 4.47 Å². The van der Waals surface area contributed by atoms with Gasteiger partial charge in [0.2, 0.25) is 0 Å². The molecule has 0 aliphatic carbocycles. The third-order valence-corrected chi connectivity index (χ3v) is 3.37. The second kappa shape index (κ2) is 7.09. The Hall–Kier alpha value is -2.34. The van der Waals surface area contributed by atoms with Gasteiger partial charge in [-0.2, -0.15) is 0 Å². The Balaban J connectivity index is 2.21. The van der Waals surface area contributed by atoms with Gasteiger partial charge in [0.05, 0.1) is 17.7 Å². The number of benzene rings is 2. The number of ether oxygens (including phenoxy) is 1. The van der Waals surface area contributed by atoms with Gasteiger partial charge in [0.25, 0.3) is 5.91 Å². The Labute approximate surface area is 136 Å². The molecule has 0 fully saturated rings. The molecule has 0 unspecified atom stereocenters. The molecular formula is C16H14BrNO4. The number of halogens is 1. The summed E-state index contributed by atoms with van der Waals surface area (Å²) in [6.45, 7) is 2.30. The molecule has 0 aliphatic rings. The van der Waals surface area contributed by atoms with Crippen LogP contribution in [0.4, 0.5) is 5.69 Å². The zero-order chi connectivity index (χ0) is 16.1. The molecule has 2 rings (SSSR count). The predicted octanol–water partition coefficient (Wildman–Crippen LogP) is 3.80. The van der Waals surface area contributed by atoms with Crippen molar-refractivity contribution in [3.63, 3.8) is 0 Å². The highest BCUT2D eigenvalue weighted by Gasteiger charge is 2.14. The molecule has 2 aromatic carbocycles. The maximum absolute atomic E-state index is 12.4. The van der Waals surface area contributed by atoms with Crippen molar-refractivity contribution in [2.75, 3.05) is 11.9 Å². The van der Waals surface area contributed by atoms with Crippen molar-refractivity contribution in [3.05, 3.63) is 58.1 Å². The molecule has 1 amide bonds. The van der Waals surface area contributed by atoms with Crippen LogP contribution < -0.4 is 10.1 Å². The molecule has 2 aromatic rings. The number of hydrogen-bond donors (Lipinski definition) is 2. The van der Waals surface area contributed by atoms with Crippen LogP contribution >= 0.6 is 15.9 Å². The summed E-state index contributed by atoms with van der Waals surface area (Å²) in [4.78, 5) is 23.2. The molecule has 0 heterocycles. The monoisotopic (exact) mass is 363 g/mol. The van der Waals surface area contributed by atoms with Crippen LogP contribution in [0.5, 0.6) is 5.75 Å². The van der Waals surface area contributed by atoms with E-state index in [-0.39, 0.29) is 11.5 Å². The van der Waals surface area contributed by atoms with E-state index in [9.17, 15) is 9.59 Å². The van der Waals surface area contributed by atoms with E-state index in [0.29, 0.717) is 23.6 Å². The van der Waals surface area contributed by atoms with Gasteiger partial charge in [-0.25, -0.2) is 4.79 Å². The second-order valence-electron chi connectivity index (χ2n) is 4.41. The Bertz CT molecular complexity index is 698. The molecule has 0 saturated heterocycles. The number of hydrogen-bond acceptors (Lipinski definition) is 3. The normalized spacial score (nSPS) is 10.1. The summed E-state index contributed by atoms with van der Waals surface area (Å²) in [5.74, 6) is -0.846. The van der Waals surface area contributed by atoms with E-state index in [1.807, 2.05) is 6.92 Å². The number of anilines is 1. The van der Waals surface area contributed by atoms with Gasteiger partial charge >= 0.3 is 5.97 Å². The Kier molecular flexibility index (Phi) is 5.16. The highest BCUT2D eigenvalue weighted by Crippen LogP contribution is 2.24. The van der Waals surface area contributed by atoms with Crippen LogP contribution in [0.3, 0.4) is 0 Å². The quantitative estimate of drug-likeness (QED) is 0.846. The van der Waals surface area contributed by atoms with Crippen LogP contribution in [0, 0.1) is 0 Å². The molecule has 5 nitrogen and oxygen atoms in total. The van der Waals surface area contributed by atoms with Crippen molar-refractivity contribution in [1.82, 2.24) is 0 Å². The Morgan fingerprint density at radius 3 is 2.45 bits per heavy atom. The van der Waals surface area contributed by atoms with Gasteiger partial charge in [-0.3, -0.25) is 4.79 Å². The molecule has 0 aliphatic heterocycles. The van der Waals surface area contributed by atoms with Crippen molar-refractivity contribution in [3.8, 4) is 5.75 Å². The molecule has 0 aromatic heterocycles. The standard InChI is InChI=1S/C16H14BrNO4/c1-2-22-14-8-5-11(17)9-13(14)15(19)18-12-6-3-10(4-7-12)16(20)21/h3-9H,2H2,1H3,(H,18,19)(H,20,21). The van der Waals surface area contributed by atoms with Crippen LogP contribution in [0.2, 0.25) is 0 Å². The first-order valence-electron chi connectivity index (χ1n) is 6.58. The lowest BCUT2D eigenvalue weighted by molar-refractivity contribution is 0.0696. The minimum absolute atomic E-state index is 0.162. The van der Waals surface area contributed by atoms with Crippen LogP contribution in [0.25, 0.3) is 0 Å². The fourth-order valence-electron chi connectivity index (χ4n) is 1.86. The number of aromatic carboxylic acids is 1. The highest BCUT2D eigenvalue weighted by atomic mass is 79.9. The molecule has 6 heteroatoms. The van der Waals surface area contributed by atoms with E-state index in [4.69, 9.17) is 9.84 Å². The van der Waals surface area contributed by atoms with Crippen LogP contribution in [0.15, 0.2) is 46.9 Å². The topological polar surface area (TPSA) is 75.6 Å². The average Bonchev–Trinajstić information content (AvgIpc) is 2.49. The summed E-state index contributed by atoms with van der Waals surface area (Å²) in [5, 5.41) is 11.6. The van der Waals surface area contributed by atoms with E-state index < -0.39 is 5.97 Å². The Morgan fingerprint density at radius 1 is 1.18 bits per heavy atom. The first-order chi connectivity index (χ1) is 10.5. The minimum atomic E-state index is -1.01. The lowest BCUT2D eigenvalue weighted by Crippen LogP contribution is -2.14. The number of rotatable bonds is 5. The molecule has 0 radical (unpaired) electrons. The number of carboxylic acids is 1. The van der Waals surface area contributed by atoms with Crippen molar-refractivity contribution < 1.29 is 19.4 Å². The largest absolute Gasteiger partial charge is 0.493 e. The second-order valence-corrected chi connectivity index (χ2v) is 5.33. The van der Waals surface area contributed by atoms with Crippen LogP contribution in [-0.4, -0.2) is 23.6 Å². The number of nitrogens with one attached hydrogen (secondary N) is 1. The zero-order valence-electron chi connectivity index (χ0n) is 11.8. The van der Waals surface area contributed by atoms with Crippen molar-refractivity contribution in [2.24, 2.45) is 0 Å². The maximum atomic E-state index is 12.4. The summed E-state index contributed by atoms with van der Waals surface area (Å²) < 4.78 is 6.21. The molecule has 114 valence electrons. The molecule has 0 bridgehead atoms. The molecule has 2 N–H and O–H groups in total. The first-order valence-corrected chi connectivity index (χ1v) is 7.37. The summed E-state index contributed by atoms with van der Waals surface area (Å²) in [6, 6.07) is 11.1. The van der Waals surface area contributed by atoms with Gasteiger partial charge in [-0.15, -0.1) is 0 Å². The highest BCUT2D eigenvalue weighted by molar-refractivity contribution is 9.10. The smallest absolute Gasteiger partial charge is 0.335 e. The summed E-state index contributed by atoms with van der Waals surface area (Å²) >= 11 is 3.33. The number of carboxylic acid groups (broad SMARTS) is 1. The predicted molar refractivity (Wildman–Crippen MR) is 86.7 cm³/mol. The van der Waals surface area contributed by atoms with E-state index in [1.54, 1.807) is 30.3 Å². The first kappa shape index (κ1) is 16.0. The van der Waals surface area contributed by atoms with E-state index >= 15 is 0 Å². The third kappa shape index (κ3) is 3.85. The van der Waals surface area contributed by atoms with Gasteiger partial charge < -0.3 is 15.2 Å². The van der Waals surface area contributed by atoms with Crippen molar-refractivity contribution >= 4 is 33.5 Å². The van der Waals surface area contributed by atoms with Gasteiger partial charge in [-0.1, -0.05) is 15.9 Å². The molecule has 0 spiro atoms. The van der Waals surface area contributed by atoms with Gasteiger partial charge in [0.15, 0.2) is 0 Å². The SMILES string of the molecule is CCOc1ccc(Br)cc1C(=O)Nc1ccc(C(=O)O)cc1. The lowest BCUT2D eigenvalue weighted by Gasteiger charge is -2.11. The zero-order valence-corrected chi connectivity index (χ0v) is 13.4. The van der Waals surface area contributed by atoms with E-state index in [1.165, 1.54) is 12.1 Å². The third-order valence-electron chi connectivity index (χ3n) is 2.88. The summed E-state index contributed by atoms with van der Waals surface area (Å²) in [7, 11) is 0. The number of carbonyl (C=O) groups excluding carboxylic acids is 1. The molecular weight excluding hydrogens is 350 g/mol. The van der Waals surface area contributed by atoms with E-state index in [2.05, 4.69) is 21.2 Å². The molecule has 0 atom stereocenters. The lowest BCUT2D eigenvalue weighted by atomic mass is 10.1. The van der Waals surface area contributed by atoms with Crippen LogP contribution in [0.1, 0.15) is 27.6 Å². The molecule has 22 heavy (non-hydrogen) atoms.